The third-order valence-electron chi connectivity index (χ3n) is 8.49. The second kappa shape index (κ2) is 12.0. The van der Waals surface area contributed by atoms with Gasteiger partial charge in [-0.2, -0.15) is 5.10 Å². The predicted molar refractivity (Wildman–Crippen MR) is 176 cm³/mol. The molecular formula is C36H40N4OSi. The van der Waals surface area contributed by atoms with Crippen molar-refractivity contribution in [2.75, 3.05) is 4.90 Å². The molecule has 0 aliphatic carbocycles. The van der Waals surface area contributed by atoms with Gasteiger partial charge in [-0.1, -0.05) is 75.0 Å². The molecule has 0 unspecified atom stereocenters. The largest absolute Gasteiger partial charge is 0.453 e. The van der Waals surface area contributed by atoms with Crippen molar-refractivity contribution in [2.45, 2.75) is 65.5 Å². The molecule has 5 nitrogen and oxygen atoms in total. The van der Waals surface area contributed by atoms with E-state index in [0.717, 1.165) is 45.6 Å². The topological polar surface area (TPSA) is 43.2 Å². The molecule has 42 heavy (non-hydrogen) atoms. The van der Waals surface area contributed by atoms with E-state index < -0.39 is 8.07 Å². The molecule has 1 aliphatic rings. The van der Waals surface area contributed by atoms with Crippen LogP contribution in [-0.4, -0.2) is 22.8 Å². The Morgan fingerprint density at radius 3 is 2.19 bits per heavy atom. The number of ether oxygens (including phenoxy) is 1. The van der Waals surface area contributed by atoms with E-state index in [1.807, 2.05) is 29.9 Å². The average molecular weight is 573 g/mol. The zero-order valence-electron chi connectivity index (χ0n) is 25.2. The van der Waals surface area contributed by atoms with E-state index in [2.05, 4.69) is 105 Å². The number of aromatic nitrogens is 3. The van der Waals surface area contributed by atoms with Crippen molar-refractivity contribution in [1.29, 1.82) is 0 Å². The molecule has 214 valence electrons. The molecule has 0 fully saturated rings. The smallest absolute Gasteiger partial charge is 0.151 e. The maximum Gasteiger partial charge on any atom is 0.151 e. The number of aryl methyl sites for hydroxylation is 2. The molecule has 0 N–H and O–H groups in total. The Balaban J connectivity index is 1.53. The quantitative estimate of drug-likeness (QED) is 0.154. The monoisotopic (exact) mass is 572 g/mol. The predicted octanol–water partition coefficient (Wildman–Crippen LogP) is 8.62. The van der Waals surface area contributed by atoms with E-state index in [0.29, 0.717) is 0 Å². The van der Waals surface area contributed by atoms with Crippen LogP contribution in [0.1, 0.15) is 50.9 Å². The van der Waals surface area contributed by atoms with E-state index in [1.165, 1.54) is 48.3 Å². The van der Waals surface area contributed by atoms with Gasteiger partial charge in [-0.25, -0.2) is 4.68 Å². The van der Waals surface area contributed by atoms with Crippen molar-refractivity contribution in [1.82, 2.24) is 14.8 Å². The van der Waals surface area contributed by atoms with Gasteiger partial charge in [-0.05, 0) is 86.6 Å². The lowest BCUT2D eigenvalue weighted by molar-refractivity contribution is 0.477. The summed E-state index contributed by atoms with van der Waals surface area (Å²) in [4.78, 5) is 7.39. The molecule has 0 saturated carbocycles. The zero-order valence-corrected chi connectivity index (χ0v) is 26.2. The Morgan fingerprint density at radius 2 is 1.48 bits per heavy atom. The zero-order chi connectivity index (χ0) is 29.1. The SMILES string of the molecule is CCCC[Si](CCCC)(c1cccc(N2c3ccccc3Oc3ccc(-n4nc(C)cc4C)cc32)c1)c1ccccn1. The van der Waals surface area contributed by atoms with Gasteiger partial charge in [-0.3, -0.25) is 4.98 Å². The number of pyridine rings is 1. The number of benzene rings is 3. The number of unbranched alkanes of at least 4 members (excludes halogenated alkanes) is 2. The van der Waals surface area contributed by atoms with Crippen molar-refractivity contribution in [3.05, 3.63) is 109 Å². The van der Waals surface area contributed by atoms with Gasteiger partial charge in [0.25, 0.3) is 0 Å². The van der Waals surface area contributed by atoms with Crippen molar-refractivity contribution in [3.63, 3.8) is 0 Å². The molecular weight excluding hydrogens is 533 g/mol. The average Bonchev–Trinajstić information content (AvgIpc) is 3.37. The number of hydrogen-bond acceptors (Lipinski definition) is 4. The Labute approximate surface area is 250 Å². The molecule has 0 saturated heterocycles. The molecule has 0 amide bonds. The van der Waals surface area contributed by atoms with Crippen LogP contribution in [0.15, 0.2) is 97.2 Å². The van der Waals surface area contributed by atoms with Crippen molar-refractivity contribution in [3.8, 4) is 17.2 Å². The van der Waals surface area contributed by atoms with E-state index in [1.54, 1.807) is 0 Å². The lowest BCUT2D eigenvalue weighted by Crippen LogP contribution is -2.59. The van der Waals surface area contributed by atoms with Crippen LogP contribution in [0.5, 0.6) is 11.5 Å². The summed E-state index contributed by atoms with van der Waals surface area (Å²) >= 11 is 0. The molecule has 6 rings (SSSR count). The first-order valence-corrected chi connectivity index (χ1v) is 17.7. The van der Waals surface area contributed by atoms with Gasteiger partial charge >= 0.3 is 0 Å². The Hall–Kier alpha value is -4.16. The van der Waals surface area contributed by atoms with Gasteiger partial charge in [0.05, 0.1) is 22.8 Å². The first-order chi connectivity index (χ1) is 20.5. The number of rotatable bonds is 10. The highest BCUT2D eigenvalue weighted by Gasteiger charge is 2.38. The molecule has 5 aromatic rings. The lowest BCUT2D eigenvalue weighted by atomic mass is 10.1. The maximum absolute atomic E-state index is 6.46. The highest BCUT2D eigenvalue weighted by Crippen LogP contribution is 2.50. The number of fused-ring (bicyclic) bond motifs is 2. The van der Waals surface area contributed by atoms with E-state index in [4.69, 9.17) is 14.8 Å². The van der Waals surface area contributed by atoms with Gasteiger partial charge < -0.3 is 9.64 Å². The fraction of sp³-hybridized carbons (Fsp3) is 0.278. The molecule has 0 radical (unpaired) electrons. The standard InChI is InChI=1S/C36H40N4OSi/c1-5-7-22-42(23-8-6-2,36-18-11-12-21-37-36)31-15-13-14-29(25-31)39-32-16-9-10-17-34(32)41-35-20-19-30(26-33(35)39)40-28(4)24-27(3)38-40/h9-21,24-26H,5-8,22-23H2,1-4H3. The van der Waals surface area contributed by atoms with Gasteiger partial charge in [0.1, 0.15) is 8.07 Å². The van der Waals surface area contributed by atoms with Crippen LogP contribution in [0.25, 0.3) is 5.69 Å². The van der Waals surface area contributed by atoms with Crippen LogP contribution in [0.4, 0.5) is 17.1 Å². The molecule has 0 spiro atoms. The highest BCUT2D eigenvalue weighted by molar-refractivity contribution is 7.01. The second-order valence-corrected chi connectivity index (χ2v) is 15.7. The van der Waals surface area contributed by atoms with Gasteiger partial charge in [0, 0.05) is 22.9 Å². The van der Waals surface area contributed by atoms with Crippen LogP contribution in [0, 0.1) is 13.8 Å². The van der Waals surface area contributed by atoms with Crippen LogP contribution >= 0.6 is 0 Å². The van der Waals surface area contributed by atoms with Crippen LogP contribution in [0.3, 0.4) is 0 Å². The third kappa shape index (κ3) is 5.16. The Bertz CT molecular complexity index is 1670. The molecule has 0 atom stereocenters. The van der Waals surface area contributed by atoms with Gasteiger partial charge in [-0.15, -0.1) is 0 Å². The summed E-state index contributed by atoms with van der Waals surface area (Å²) in [5.41, 5.74) is 6.34. The first kappa shape index (κ1) is 28.0. The maximum atomic E-state index is 6.46. The summed E-state index contributed by atoms with van der Waals surface area (Å²) in [6, 6.07) is 35.0. The minimum Gasteiger partial charge on any atom is -0.453 e. The van der Waals surface area contributed by atoms with Gasteiger partial charge in [0.2, 0.25) is 0 Å². The molecule has 2 aromatic heterocycles. The minimum atomic E-state index is -2.12. The first-order valence-electron chi connectivity index (χ1n) is 15.3. The number of anilines is 3. The Kier molecular flexibility index (Phi) is 7.98. The summed E-state index contributed by atoms with van der Waals surface area (Å²) < 4.78 is 8.47. The summed E-state index contributed by atoms with van der Waals surface area (Å²) in [6.45, 7) is 8.74. The van der Waals surface area contributed by atoms with Crippen molar-refractivity contribution < 1.29 is 4.74 Å². The molecule has 6 heteroatoms. The second-order valence-electron chi connectivity index (χ2n) is 11.5. The van der Waals surface area contributed by atoms with E-state index in [9.17, 15) is 0 Å². The molecule has 0 bridgehead atoms. The van der Waals surface area contributed by atoms with Crippen LogP contribution in [-0.2, 0) is 0 Å². The lowest BCUT2D eigenvalue weighted by Gasteiger charge is -2.36. The Morgan fingerprint density at radius 1 is 0.714 bits per heavy atom. The summed E-state index contributed by atoms with van der Waals surface area (Å²) in [7, 11) is -2.12. The fourth-order valence-electron chi connectivity index (χ4n) is 6.41. The summed E-state index contributed by atoms with van der Waals surface area (Å²) in [5.74, 6) is 1.70. The summed E-state index contributed by atoms with van der Waals surface area (Å²) in [5, 5.41) is 7.53. The minimum absolute atomic E-state index is 0.842. The summed E-state index contributed by atoms with van der Waals surface area (Å²) in [6.07, 6.45) is 6.78. The highest BCUT2D eigenvalue weighted by atomic mass is 28.3. The normalized spacial score (nSPS) is 12.5. The van der Waals surface area contributed by atoms with Crippen LogP contribution in [0.2, 0.25) is 12.1 Å². The number of para-hydroxylation sites is 2. The van der Waals surface area contributed by atoms with E-state index >= 15 is 0 Å². The number of hydrogen-bond donors (Lipinski definition) is 0. The van der Waals surface area contributed by atoms with Gasteiger partial charge in [0.15, 0.2) is 11.5 Å². The van der Waals surface area contributed by atoms with Crippen molar-refractivity contribution in [2.24, 2.45) is 0 Å². The number of nitrogens with zero attached hydrogens (tertiary/aromatic N) is 4. The van der Waals surface area contributed by atoms with E-state index in [-0.39, 0.29) is 0 Å². The molecule has 1 aliphatic heterocycles. The third-order valence-corrected chi connectivity index (χ3v) is 13.6. The molecule has 3 heterocycles. The van der Waals surface area contributed by atoms with Crippen LogP contribution < -0.4 is 20.1 Å². The molecule has 3 aromatic carbocycles. The fourth-order valence-corrected chi connectivity index (χ4v) is 11.5. The van der Waals surface area contributed by atoms with Crippen molar-refractivity contribution >= 4 is 35.6 Å².